The summed E-state index contributed by atoms with van der Waals surface area (Å²) in [5.41, 5.74) is 4.67. The molecule has 1 aliphatic heterocycles. The largest absolute Gasteiger partial charge is 0.299 e. The third-order valence-corrected chi connectivity index (χ3v) is 9.43. The predicted molar refractivity (Wildman–Crippen MR) is 127 cm³/mol. The van der Waals surface area contributed by atoms with Gasteiger partial charge in [0.1, 0.15) is 0 Å². The van der Waals surface area contributed by atoms with Gasteiger partial charge in [-0.15, -0.1) is 0 Å². The Labute approximate surface area is 184 Å². The van der Waals surface area contributed by atoms with Crippen LogP contribution in [0.3, 0.4) is 0 Å². The number of likely N-dealkylation sites (tertiary alicyclic amines) is 1. The van der Waals surface area contributed by atoms with E-state index in [2.05, 4.69) is 73.3 Å². The van der Waals surface area contributed by atoms with Crippen molar-refractivity contribution in [3.63, 3.8) is 0 Å². The van der Waals surface area contributed by atoms with Crippen LogP contribution in [0.5, 0.6) is 0 Å². The quantitative estimate of drug-likeness (QED) is 0.712. The van der Waals surface area contributed by atoms with E-state index in [9.17, 15) is 4.21 Å². The van der Waals surface area contributed by atoms with E-state index in [1.807, 2.05) is 0 Å². The highest BCUT2D eigenvalue weighted by molar-refractivity contribution is 7.84. The summed E-state index contributed by atoms with van der Waals surface area (Å²) in [7, 11) is -1.29. The van der Waals surface area contributed by atoms with Crippen molar-refractivity contribution in [1.29, 1.82) is 0 Å². The molecule has 3 atom stereocenters. The van der Waals surface area contributed by atoms with Crippen LogP contribution in [0.2, 0.25) is 0 Å². The normalized spacial score (nSPS) is 24.2. The zero-order chi connectivity index (χ0) is 21.2. The lowest BCUT2D eigenvalue weighted by Crippen LogP contribution is -2.51. The molecule has 162 valence electrons. The summed E-state index contributed by atoms with van der Waals surface area (Å²) >= 11 is 0. The molecule has 1 aliphatic carbocycles. The van der Waals surface area contributed by atoms with Gasteiger partial charge >= 0.3 is 0 Å². The van der Waals surface area contributed by atoms with E-state index in [0.717, 1.165) is 38.9 Å². The van der Waals surface area contributed by atoms with Crippen molar-refractivity contribution in [2.45, 2.75) is 69.1 Å². The minimum absolute atomic E-state index is 0.192. The number of benzene rings is 2. The second kappa shape index (κ2) is 8.94. The third kappa shape index (κ3) is 4.15. The van der Waals surface area contributed by atoms with Crippen LogP contribution in [-0.2, 0) is 29.4 Å². The standard InChI is InChI=1S/C26H36N2OS/c1-3-25(2,30(27)29)19-23-14-13-22-11-7-8-12-24(22)26(23)15-17-28(18-16-26)20-21-9-5-4-6-10-21/h4-12,23H,3,13-20,27H2,1-2H3/t23-,25?,30?/m1/s1. The fraction of sp³-hybridized carbons (Fsp3) is 0.538. The molecule has 3 nitrogen and oxygen atoms in total. The molecule has 1 spiro atoms. The maximum Gasteiger partial charge on any atom is 0.0948 e. The van der Waals surface area contributed by atoms with Crippen LogP contribution in [0, 0.1) is 5.92 Å². The van der Waals surface area contributed by atoms with Crippen LogP contribution in [0.15, 0.2) is 54.6 Å². The van der Waals surface area contributed by atoms with Crippen LogP contribution in [0.4, 0.5) is 0 Å². The molecule has 0 radical (unpaired) electrons. The fourth-order valence-electron chi connectivity index (χ4n) is 5.87. The molecular formula is C26H36N2OS. The van der Waals surface area contributed by atoms with Crippen LogP contribution >= 0.6 is 0 Å². The van der Waals surface area contributed by atoms with Gasteiger partial charge in [-0.2, -0.15) is 0 Å². The Morgan fingerprint density at radius 2 is 1.77 bits per heavy atom. The first kappa shape index (κ1) is 21.7. The summed E-state index contributed by atoms with van der Waals surface area (Å²) in [5, 5.41) is 5.98. The molecule has 1 saturated heterocycles. The minimum atomic E-state index is -1.29. The topological polar surface area (TPSA) is 46.3 Å². The smallest absolute Gasteiger partial charge is 0.0948 e. The zero-order valence-corrected chi connectivity index (χ0v) is 19.3. The Balaban J connectivity index is 1.59. The summed E-state index contributed by atoms with van der Waals surface area (Å²) in [4.78, 5) is 2.61. The Bertz CT molecular complexity index is 876. The van der Waals surface area contributed by atoms with Crippen LogP contribution in [0.1, 0.15) is 62.6 Å². The highest BCUT2D eigenvalue weighted by atomic mass is 32.2. The molecule has 30 heavy (non-hydrogen) atoms. The number of rotatable bonds is 6. The molecule has 0 amide bonds. The highest BCUT2D eigenvalue weighted by Gasteiger charge is 2.48. The molecular weight excluding hydrogens is 388 g/mol. The molecule has 2 N–H and O–H groups in total. The van der Waals surface area contributed by atoms with E-state index in [4.69, 9.17) is 5.14 Å². The van der Waals surface area contributed by atoms with E-state index < -0.39 is 11.0 Å². The molecule has 0 saturated carbocycles. The van der Waals surface area contributed by atoms with E-state index in [-0.39, 0.29) is 10.2 Å². The first-order valence-electron chi connectivity index (χ1n) is 11.5. The van der Waals surface area contributed by atoms with Crippen molar-refractivity contribution in [1.82, 2.24) is 4.90 Å². The van der Waals surface area contributed by atoms with E-state index in [0.29, 0.717) is 5.92 Å². The molecule has 1 fully saturated rings. The maximum atomic E-state index is 12.4. The van der Waals surface area contributed by atoms with Gasteiger partial charge in [-0.25, -0.2) is 4.21 Å². The lowest BCUT2D eigenvalue weighted by atomic mass is 9.57. The van der Waals surface area contributed by atoms with Crippen molar-refractivity contribution < 1.29 is 4.21 Å². The Morgan fingerprint density at radius 3 is 2.43 bits per heavy atom. The number of nitrogens with two attached hydrogens (primary N) is 1. The lowest BCUT2D eigenvalue weighted by molar-refractivity contribution is 0.0866. The number of fused-ring (bicyclic) bond motifs is 2. The number of nitrogens with zero attached hydrogens (tertiary/aromatic N) is 1. The first-order chi connectivity index (χ1) is 14.5. The first-order valence-corrected chi connectivity index (χ1v) is 12.7. The molecule has 2 aromatic rings. The summed E-state index contributed by atoms with van der Waals surface area (Å²) in [6, 6.07) is 19.9. The Hall–Kier alpha value is -1.49. The van der Waals surface area contributed by atoms with Gasteiger partial charge in [0.05, 0.1) is 15.7 Å². The number of hydrogen-bond donors (Lipinski definition) is 1. The van der Waals surface area contributed by atoms with E-state index in [1.165, 1.54) is 30.4 Å². The molecule has 0 bridgehead atoms. The SMILES string of the molecule is CCC(C)(C[C@H]1CCc2ccccc2C12CCN(Cc1ccccc1)CC2)S(N)=O. The van der Waals surface area contributed by atoms with Crippen molar-refractivity contribution in [2.24, 2.45) is 11.1 Å². The number of aryl methyl sites for hydroxylation is 1. The Morgan fingerprint density at radius 1 is 1.10 bits per heavy atom. The number of piperidine rings is 1. The van der Waals surface area contributed by atoms with Gasteiger partial charge in [-0.05, 0) is 81.1 Å². The van der Waals surface area contributed by atoms with Gasteiger partial charge in [-0.3, -0.25) is 10.0 Å². The molecule has 2 aliphatic rings. The van der Waals surface area contributed by atoms with E-state index in [1.54, 1.807) is 5.56 Å². The number of hydrogen-bond acceptors (Lipinski definition) is 2. The van der Waals surface area contributed by atoms with Gasteiger partial charge in [-0.1, -0.05) is 61.5 Å². The average Bonchev–Trinajstić information content (AvgIpc) is 2.78. The second-order valence-electron chi connectivity index (χ2n) is 9.62. The molecule has 0 aromatic heterocycles. The van der Waals surface area contributed by atoms with Crippen molar-refractivity contribution in [3.8, 4) is 0 Å². The predicted octanol–water partition coefficient (Wildman–Crippen LogP) is 4.96. The van der Waals surface area contributed by atoms with Crippen molar-refractivity contribution >= 4 is 11.0 Å². The fourth-order valence-corrected chi connectivity index (χ4v) is 6.52. The van der Waals surface area contributed by atoms with Crippen molar-refractivity contribution in [3.05, 3.63) is 71.3 Å². The van der Waals surface area contributed by atoms with Gasteiger partial charge in [0.15, 0.2) is 0 Å². The molecule has 4 rings (SSSR count). The lowest BCUT2D eigenvalue weighted by Gasteiger charge is -2.52. The monoisotopic (exact) mass is 424 g/mol. The minimum Gasteiger partial charge on any atom is -0.299 e. The third-order valence-electron chi connectivity index (χ3n) is 8.01. The van der Waals surface area contributed by atoms with Crippen LogP contribution in [0.25, 0.3) is 0 Å². The van der Waals surface area contributed by atoms with Crippen LogP contribution in [-0.4, -0.2) is 26.9 Å². The van der Waals surface area contributed by atoms with Crippen LogP contribution < -0.4 is 5.14 Å². The van der Waals surface area contributed by atoms with E-state index >= 15 is 0 Å². The molecule has 1 heterocycles. The van der Waals surface area contributed by atoms with Gasteiger partial charge in [0, 0.05) is 12.0 Å². The summed E-state index contributed by atoms with van der Waals surface area (Å²) in [5.74, 6) is 0.545. The molecule has 4 heteroatoms. The summed E-state index contributed by atoms with van der Waals surface area (Å²) < 4.78 is 12.1. The Kier molecular flexibility index (Phi) is 6.47. The molecule has 2 aromatic carbocycles. The average molecular weight is 425 g/mol. The van der Waals surface area contributed by atoms with Gasteiger partial charge in [0.2, 0.25) is 0 Å². The zero-order valence-electron chi connectivity index (χ0n) is 18.5. The second-order valence-corrected chi connectivity index (χ2v) is 11.2. The van der Waals surface area contributed by atoms with Crippen molar-refractivity contribution in [2.75, 3.05) is 13.1 Å². The summed E-state index contributed by atoms with van der Waals surface area (Å²) in [6.07, 6.45) is 6.50. The maximum absolute atomic E-state index is 12.4. The van der Waals surface area contributed by atoms with Gasteiger partial charge in [0.25, 0.3) is 0 Å². The molecule has 2 unspecified atom stereocenters. The highest BCUT2D eigenvalue weighted by Crippen LogP contribution is 2.51. The van der Waals surface area contributed by atoms with Gasteiger partial charge < -0.3 is 0 Å². The summed E-state index contributed by atoms with van der Waals surface area (Å²) in [6.45, 7) is 7.53.